The summed E-state index contributed by atoms with van der Waals surface area (Å²) in [5.74, 6) is 0. The molecule has 6 aromatic carbocycles. The molecule has 0 unspecified atom stereocenters. The summed E-state index contributed by atoms with van der Waals surface area (Å²) < 4.78 is 1.86. The van der Waals surface area contributed by atoms with Crippen molar-refractivity contribution in [2.45, 2.75) is 39.5 Å². The van der Waals surface area contributed by atoms with Crippen molar-refractivity contribution in [1.29, 1.82) is 0 Å². The molecule has 0 aliphatic heterocycles. The van der Waals surface area contributed by atoms with Crippen LogP contribution in [0, 0.1) is 0 Å². The number of unbranched alkanes of at least 4 members (excludes halogenated alkanes) is 2. The fourth-order valence-electron chi connectivity index (χ4n) is 7.77. The van der Waals surface area contributed by atoms with Gasteiger partial charge in [-0.15, -0.1) is 0 Å². The van der Waals surface area contributed by atoms with Gasteiger partial charge < -0.3 is 34.0 Å². The smallest absolute Gasteiger partial charge is 0.222 e. The summed E-state index contributed by atoms with van der Waals surface area (Å²) in [6.07, 6.45) is 7.43. The molecule has 0 amide bonds. The lowest BCUT2D eigenvalue weighted by Crippen LogP contribution is -3.00. The third-order valence-electron chi connectivity index (χ3n) is 9.95. The van der Waals surface area contributed by atoms with Gasteiger partial charge in [0.2, 0.25) is 4.78 Å². The van der Waals surface area contributed by atoms with Crippen LogP contribution in [0.3, 0.4) is 0 Å². The van der Waals surface area contributed by atoms with E-state index in [1.807, 2.05) is 4.78 Å². The largest absolute Gasteiger partial charge is 1.00 e. The third kappa shape index (κ3) is 8.18. The first kappa shape index (κ1) is 41.2. The van der Waals surface area contributed by atoms with Crippen LogP contribution in [0.2, 0.25) is 0 Å². The highest BCUT2D eigenvalue weighted by Crippen LogP contribution is 2.80. The molecule has 0 N–H and O–H groups in total. The Balaban J connectivity index is 0.00000292. The molecule has 51 heavy (non-hydrogen) atoms. The Morgan fingerprint density at radius 1 is 0.412 bits per heavy atom. The maximum Gasteiger partial charge on any atom is 0.222 e. The number of hydrogen-bond donors (Lipinski definition) is 0. The van der Waals surface area contributed by atoms with Gasteiger partial charge in [-0.25, -0.2) is 0 Å². The molecule has 6 rings (SSSR count). The van der Waals surface area contributed by atoms with Gasteiger partial charge in [0.1, 0.15) is 15.9 Å². The Labute approximate surface area is 330 Å². The summed E-state index contributed by atoms with van der Waals surface area (Å²) in [4.78, 5) is 0. The highest BCUT2D eigenvalue weighted by Gasteiger charge is 2.64. The van der Waals surface area contributed by atoms with Crippen LogP contribution in [0.1, 0.15) is 39.5 Å². The van der Waals surface area contributed by atoms with E-state index in [4.69, 9.17) is 0 Å². The zero-order valence-corrected chi connectivity index (χ0v) is 36.0. The molecule has 0 fully saturated rings. The van der Waals surface area contributed by atoms with Crippen LogP contribution in [0.4, 0.5) is 0 Å². The molecule has 6 aromatic rings. The molecule has 0 nitrogen and oxygen atoms in total. The summed E-state index contributed by atoms with van der Waals surface area (Å²) in [7, 11) is -4.30. The molecule has 0 spiro atoms. The molecule has 0 bridgehead atoms. The van der Waals surface area contributed by atoms with Crippen LogP contribution < -0.4 is 65.8 Å². The van der Waals surface area contributed by atoms with Crippen molar-refractivity contribution in [3.05, 3.63) is 182 Å². The molecular formula is C46H51Br2P3. The fraction of sp³-hybridized carbons (Fsp3) is 0.196. The van der Waals surface area contributed by atoms with Crippen LogP contribution in [-0.2, 0) is 0 Å². The molecule has 0 aliphatic carbocycles. The zero-order chi connectivity index (χ0) is 34.0. The molecule has 264 valence electrons. The predicted molar refractivity (Wildman–Crippen MR) is 228 cm³/mol. The molecule has 0 saturated carbocycles. The zero-order valence-electron chi connectivity index (χ0n) is 30.2. The number of halogens is 2. The van der Waals surface area contributed by atoms with Gasteiger partial charge in [0.25, 0.3) is 0 Å². The van der Waals surface area contributed by atoms with E-state index in [-0.39, 0.29) is 34.0 Å². The molecule has 0 aliphatic rings. The molecular weight excluding hydrogens is 805 g/mol. The SMILES string of the molecule is CCCC[P+](C)(CCCC)C(=P(c1ccccc1)(c1ccccc1)c1ccccc1)[P+](c1ccccc1)(c1ccccc1)c1ccccc1.[Br-].[Br-]. The highest BCUT2D eigenvalue weighted by molar-refractivity contribution is 8.35. The summed E-state index contributed by atoms with van der Waals surface area (Å²) in [6.45, 7) is 5.07. The van der Waals surface area contributed by atoms with Crippen molar-refractivity contribution in [2.24, 2.45) is 0 Å². The van der Waals surface area contributed by atoms with Gasteiger partial charge in [-0.1, -0.05) is 172 Å². The Morgan fingerprint density at radius 2 is 0.667 bits per heavy atom. The van der Waals surface area contributed by atoms with Crippen LogP contribution in [-0.4, -0.2) is 23.8 Å². The van der Waals surface area contributed by atoms with Crippen LogP contribution in [0.15, 0.2) is 182 Å². The predicted octanol–water partition coefficient (Wildman–Crippen LogP) is 4.32. The standard InChI is InChI=1S/C46H51P3.2BrH/c1-4-6-38-47(3,39-7-5-2)46(48(40-26-14-8-15-27-40,41-28-16-9-17-29-41)42-30-18-10-19-31-42)49(43-32-20-11-21-33-43,44-34-22-12-23-35-44)45-36-24-13-25-37-45;;/h8-37H,4-7,38-39H2,1-3H3;2*1H/q+2;;/p-2. The summed E-state index contributed by atoms with van der Waals surface area (Å²) in [6, 6.07) is 70.2. The van der Waals surface area contributed by atoms with Crippen LogP contribution in [0.25, 0.3) is 0 Å². The van der Waals surface area contributed by atoms with E-state index in [1.54, 1.807) is 0 Å². The maximum absolute atomic E-state index is 2.78. The van der Waals surface area contributed by atoms with Crippen LogP contribution >= 0.6 is 21.4 Å². The topological polar surface area (TPSA) is 0 Å². The summed E-state index contributed by atoms with van der Waals surface area (Å²) >= 11 is 0. The Bertz CT molecular complexity index is 1730. The van der Waals surface area contributed by atoms with Crippen molar-refractivity contribution in [3.8, 4) is 0 Å². The molecule has 5 heteroatoms. The van der Waals surface area contributed by atoms with E-state index in [1.165, 1.54) is 69.8 Å². The molecule has 0 atom stereocenters. The second-order valence-corrected chi connectivity index (χ2v) is 25.1. The third-order valence-corrected chi connectivity index (χ3v) is 27.7. The molecule has 0 aromatic heterocycles. The normalized spacial score (nSPS) is 11.6. The van der Waals surface area contributed by atoms with Crippen molar-refractivity contribution in [3.63, 3.8) is 0 Å². The monoisotopic (exact) mass is 854 g/mol. The first-order valence-corrected chi connectivity index (χ1v) is 24.2. The Hall–Kier alpha value is -2.56. The summed E-state index contributed by atoms with van der Waals surface area (Å²) in [5, 5.41) is 8.80. The quantitative estimate of drug-likeness (QED) is 0.144. The van der Waals surface area contributed by atoms with Crippen molar-refractivity contribution >= 4 is 58.0 Å². The second kappa shape index (κ2) is 19.5. The minimum atomic E-state index is -2.47. The Morgan fingerprint density at radius 3 is 0.922 bits per heavy atom. The minimum absolute atomic E-state index is 0. The molecule has 0 saturated heterocycles. The van der Waals surface area contributed by atoms with E-state index < -0.39 is 21.4 Å². The van der Waals surface area contributed by atoms with Gasteiger partial charge in [0.15, 0.2) is 7.26 Å². The fourth-order valence-corrected chi connectivity index (χ4v) is 30.3. The van der Waals surface area contributed by atoms with Crippen molar-refractivity contribution in [2.75, 3.05) is 19.0 Å². The second-order valence-electron chi connectivity index (χ2n) is 13.2. The first-order chi connectivity index (χ1) is 24.1. The first-order valence-electron chi connectivity index (χ1n) is 18.0. The van der Waals surface area contributed by atoms with Crippen molar-refractivity contribution < 1.29 is 34.0 Å². The van der Waals surface area contributed by atoms with Crippen LogP contribution in [0.5, 0.6) is 0 Å². The van der Waals surface area contributed by atoms with Gasteiger partial charge in [0.05, 0.1) is 33.1 Å². The van der Waals surface area contributed by atoms with E-state index in [2.05, 4.69) is 203 Å². The van der Waals surface area contributed by atoms with Gasteiger partial charge >= 0.3 is 0 Å². The van der Waals surface area contributed by atoms with E-state index in [0.717, 1.165) is 0 Å². The maximum atomic E-state index is 2.78. The number of rotatable bonds is 14. The molecule has 0 radical (unpaired) electrons. The van der Waals surface area contributed by atoms with Gasteiger partial charge in [-0.2, -0.15) is 0 Å². The molecule has 0 heterocycles. The lowest BCUT2D eigenvalue weighted by molar-refractivity contribution is -0.00100. The average Bonchev–Trinajstić information content (AvgIpc) is 3.19. The van der Waals surface area contributed by atoms with E-state index >= 15 is 0 Å². The summed E-state index contributed by atoms with van der Waals surface area (Å²) in [5.41, 5.74) is 0. The van der Waals surface area contributed by atoms with Gasteiger partial charge in [-0.05, 0) is 65.2 Å². The Kier molecular flexibility index (Phi) is 15.8. The van der Waals surface area contributed by atoms with Crippen molar-refractivity contribution in [1.82, 2.24) is 0 Å². The highest BCUT2D eigenvalue weighted by atomic mass is 79.9. The number of benzene rings is 6. The minimum Gasteiger partial charge on any atom is -1.00 e. The lowest BCUT2D eigenvalue weighted by atomic mass is 10.4. The van der Waals surface area contributed by atoms with E-state index in [9.17, 15) is 0 Å². The average molecular weight is 857 g/mol. The number of hydrogen-bond acceptors (Lipinski definition) is 0. The van der Waals surface area contributed by atoms with Gasteiger partial charge in [-0.3, -0.25) is 0 Å². The van der Waals surface area contributed by atoms with Gasteiger partial charge in [0, 0.05) is 0 Å². The lowest BCUT2D eigenvalue weighted by Gasteiger charge is -2.41. The van der Waals surface area contributed by atoms with E-state index in [0.29, 0.717) is 0 Å².